The van der Waals surface area contributed by atoms with E-state index in [-0.39, 0.29) is 5.60 Å². The Balaban J connectivity index is 2.07. The largest absolute Gasteiger partial charge is 0.362 e. The normalized spacial score (nSPS) is 47.6. The summed E-state index contributed by atoms with van der Waals surface area (Å²) in [4.78, 5) is 0. The summed E-state index contributed by atoms with van der Waals surface area (Å²) in [6.07, 6.45) is 6.32. The molecule has 0 aromatic rings. The van der Waals surface area contributed by atoms with Gasteiger partial charge >= 0.3 is 0 Å². The van der Waals surface area contributed by atoms with Gasteiger partial charge < -0.3 is 4.74 Å². The van der Waals surface area contributed by atoms with Crippen molar-refractivity contribution in [2.45, 2.75) is 38.9 Å². The third-order valence-electron chi connectivity index (χ3n) is 3.00. The fourth-order valence-corrected chi connectivity index (χ4v) is 1.84. The van der Waals surface area contributed by atoms with Crippen molar-refractivity contribution in [3.8, 4) is 0 Å². The van der Waals surface area contributed by atoms with Gasteiger partial charge in [0.25, 0.3) is 0 Å². The standard InChI is InChI=1S/C10H16O/c1-7(2)8-4-5-10(3)9(6-8)11-10/h4-5,7-9H,6H2,1-3H3/t8-,9?,10-/m1/s1. The molecule has 0 N–H and O–H groups in total. The topological polar surface area (TPSA) is 12.5 Å². The first kappa shape index (κ1) is 7.35. The Bertz CT molecular complexity index is 195. The molecular formula is C10H16O. The molecule has 0 amide bonds. The van der Waals surface area contributed by atoms with Crippen LogP contribution in [0.3, 0.4) is 0 Å². The molecule has 1 heterocycles. The van der Waals surface area contributed by atoms with Crippen molar-refractivity contribution in [1.29, 1.82) is 0 Å². The van der Waals surface area contributed by atoms with Crippen molar-refractivity contribution >= 4 is 0 Å². The lowest BCUT2D eigenvalue weighted by atomic mass is 9.83. The molecule has 0 aromatic carbocycles. The van der Waals surface area contributed by atoms with E-state index in [2.05, 4.69) is 32.9 Å². The molecule has 2 aliphatic rings. The van der Waals surface area contributed by atoms with Gasteiger partial charge in [0.1, 0.15) is 5.60 Å². The number of hydrogen-bond donors (Lipinski definition) is 0. The summed E-state index contributed by atoms with van der Waals surface area (Å²) in [7, 11) is 0. The SMILES string of the molecule is CC(C)[C@@H]1C=C[C@@]2(C)OC2C1. The Morgan fingerprint density at radius 3 is 2.82 bits per heavy atom. The highest BCUT2D eigenvalue weighted by Crippen LogP contribution is 2.46. The van der Waals surface area contributed by atoms with Crippen molar-refractivity contribution in [1.82, 2.24) is 0 Å². The van der Waals surface area contributed by atoms with Gasteiger partial charge in [0, 0.05) is 0 Å². The van der Waals surface area contributed by atoms with Crippen LogP contribution in [0, 0.1) is 11.8 Å². The molecule has 62 valence electrons. The molecular weight excluding hydrogens is 136 g/mol. The van der Waals surface area contributed by atoms with Gasteiger partial charge in [-0.25, -0.2) is 0 Å². The fraction of sp³-hybridized carbons (Fsp3) is 0.800. The zero-order valence-electron chi connectivity index (χ0n) is 7.50. The third-order valence-corrected chi connectivity index (χ3v) is 3.00. The van der Waals surface area contributed by atoms with Gasteiger partial charge in [-0.2, -0.15) is 0 Å². The molecule has 1 nitrogen and oxygen atoms in total. The van der Waals surface area contributed by atoms with Gasteiger partial charge in [-0.3, -0.25) is 0 Å². The maximum absolute atomic E-state index is 5.56. The lowest BCUT2D eigenvalue weighted by Gasteiger charge is -2.19. The van der Waals surface area contributed by atoms with E-state index in [0.717, 1.165) is 11.8 Å². The first-order valence-electron chi connectivity index (χ1n) is 4.49. The highest BCUT2D eigenvalue weighted by atomic mass is 16.6. The van der Waals surface area contributed by atoms with Gasteiger partial charge in [-0.15, -0.1) is 0 Å². The van der Waals surface area contributed by atoms with Gasteiger partial charge in [0.05, 0.1) is 6.10 Å². The van der Waals surface area contributed by atoms with Crippen LogP contribution in [0.2, 0.25) is 0 Å². The van der Waals surface area contributed by atoms with E-state index in [1.807, 2.05) is 0 Å². The number of fused-ring (bicyclic) bond motifs is 1. The van der Waals surface area contributed by atoms with Crippen LogP contribution in [0.15, 0.2) is 12.2 Å². The van der Waals surface area contributed by atoms with E-state index in [9.17, 15) is 0 Å². The second-order valence-corrected chi connectivity index (χ2v) is 4.29. The van der Waals surface area contributed by atoms with Crippen molar-refractivity contribution in [3.63, 3.8) is 0 Å². The van der Waals surface area contributed by atoms with Gasteiger partial charge in [0.15, 0.2) is 0 Å². The number of hydrogen-bond acceptors (Lipinski definition) is 1. The summed E-state index contributed by atoms with van der Waals surface area (Å²) in [6.45, 7) is 6.73. The molecule has 1 fully saturated rings. The molecule has 1 unspecified atom stereocenters. The summed E-state index contributed by atoms with van der Waals surface area (Å²) in [6, 6.07) is 0. The molecule has 0 bridgehead atoms. The molecule has 1 aliphatic heterocycles. The van der Waals surface area contributed by atoms with Gasteiger partial charge in [-0.05, 0) is 25.2 Å². The average Bonchev–Trinajstić information content (AvgIpc) is 2.58. The average molecular weight is 152 g/mol. The first-order valence-corrected chi connectivity index (χ1v) is 4.49. The second kappa shape index (κ2) is 2.10. The number of ether oxygens (including phenoxy) is 1. The summed E-state index contributed by atoms with van der Waals surface area (Å²) in [5.74, 6) is 1.51. The highest BCUT2D eigenvalue weighted by molar-refractivity contribution is 5.20. The molecule has 11 heavy (non-hydrogen) atoms. The Morgan fingerprint density at radius 2 is 2.27 bits per heavy atom. The van der Waals surface area contributed by atoms with E-state index < -0.39 is 0 Å². The quantitative estimate of drug-likeness (QED) is 0.415. The predicted octanol–water partition coefficient (Wildman–Crippen LogP) is 2.38. The maximum Gasteiger partial charge on any atom is 0.110 e. The van der Waals surface area contributed by atoms with Gasteiger partial charge in [-0.1, -0.05) is 26.0 Å². The monoisotopic (exact) mass is 152 g/mol. The fourth-order valence-electron chi connectivity index (χ4n) is 1.84. The lowest BCUT2D eigenvalue weighted by molar-refractivity contribution is 0.324. The molecule has 0 radical (unpaired) electrons. The number of allylic oxidation sites excluding steroid dienone is 1. The Hall–Kier alpha value is -0.300. The molecule has 2 rings (SSSR count). The zero-order chi connectivity index (χ0) is 8.06. The number of rotatable bonds is 1. The van der Waals surface area contributed by atoms with Crippen LogP contribution >= 0.6 is 0 Å². The zero-order valence-corrected chi connectivity index (χ0v) is 7.50. The smallest absolute Gasteiger partial charge is 0.110 e. The lowest BCUT2D eigenvalue weighted by Crippen LogP contribution is -2.18. The molecule has 0 aromatic heterocycles. The Labute approximate surface area is 68.4 Å². The predicted molar refractivity (Wildman–Crippen MR) is 45.4 cm³/mol. The van der Waals surface area contributed by atoms with Crippen LogP contribution in [0.25, 0.3) is 0 Å². The van der Waals surface area contributed by atoms with E-state index >= 15 is 0 Å². The van der Waals surface area contributed by atoms with E-state index in [0.29, 0.717) is 6.10 Å². The van der Waals surface area contributed by atoms with Crippen molar-refractivity contribution in [2.24, 2.45) is 11.8 Å². The molecule has 0 saturated carbocycles. The van der Waals surface area contributed by atoms with Crippen LogP contribution in [0.1, 0.15) is 27.2 Å². The van der Waals surface area contributed by atoms with E-state index in [4.69, 9.17) is 4.74 Å². The second-order valence-electron chi connectivity index (χ2n) is 4.29. The minimum atomic E-state index is 0.130. The minimum absolute atomic E-state index is 0.130. The van der Waals surface area contributed by atoms with Crippen LogP contribution in [-0.2, 0) is 4.74 Å². The number of epoxide rings is 1. The summed E-state index contributed by atoms with van der Waals surface area (Å²) < 4.78 is 5.56. The third kappa shape index (κ3) is 1.12. The van der Waals surface area contributed by atoms with Crippen molar-refractivity contribution < 1.29 is 4.74 Å². The van der Waals surface area contributed by atoms with Gasteiger partial charge in [0.2, 0.25) is 0 Å². The van der Waals surface area contributed by atoms with Crippen LogP contribution in [-0.4, -0.2) is 11.7 Å². The Morgan fingerprint density at radius 1 is 1.55 bits per heavy atom. The van der Waals surface area contributed by atoms with E-state index in [1.54, 1.807) is 0 Å². The highest BCUT2D eigenvalue weighted by Gasteiger charge is 2.52. The summed E-state index contributed by atoms with van der Waals surface area (Å²) in [5, 5.41) is 0. The summed E-state index contributed by atoms with van der Waals surface area (Å²) in [5.41, 5.74) is 0.130. The Kier molecular flexibility index (Phi) is 1.40. The first-order chi connectivity index (χ1) is 5.12. The van der Waals surface area contributed by atoms with Crippen LogP contribution < -0.4 is 0 Å². The van der Waals surface area contributed by atoms with Crippen LogP contribution in [0.4, 0.5) is 0 Å². The van der Waals surface area contributed by atoms with Crippen molar-refractivity contribution in [2.75, 3.05) is 0 Å². The molecule has 1 saturated heterocycles. The summed E-state index contributed by atoms with van der Waals surface area (Å²) >= 11 is 0. The van der Waals surface area contributed by atoms with Crippen molar-refractivity contribution in [3.05, 3.63) is 12.2 Å². The molecule has 1 aliphatic carbocycles. The van der Waals surface area contributed by atoms with Crippen LogP contribution in [0.5, 0.6) is 0 Å². The van der Waals surface area contributed by atoms with E-state index in [1.165, 1.54) is 6.42 Å². The molecule has 0 spiro atoms. The molecule has 3 atom stereocenters. The maximum atomic E-state index is 5.56. The molecule has 1 heteroatoms. The minimum Gasteiger partial charge on any atom is -0.362 e.